The molecule has 0 saturated heterocycles. The highest BCUT2D eigenvalue weighted by atomic mass is 16.2. The van der Waals surface area contributed by atoms with Crippen LogP contribution in [0.25, 0.3) is 11.4 Å². The van der Waals surface area contributed by atoms with Crippen molar-refractivity contribution in [2.24, 2.45) is 5.73 Å². The molecule has 6 heteroatoms. The number of rotatable bonds is 3. The molecule has 0 radical (unpaired) electrons. The number of carbonyl (C=O) groups excluding carboxylic acids is 1. The topological polar surface area (TPSA) is 96.7 Å². The van der Waals surface area contributed by atoms with E-state index in [0.29, 0.717) is 5.82 Å². The van der Waals surface area contributed by atoms with Crippen LogP contribution in [0, 0.1) is 6.92 Å². The molecule has 1 aromatic heterocycles. The molecule has 1 heterocycles. The van der Waals surface area contributed by atoms with Crippen LogP contribution in [0.1, 0.15) is 37.9 Å². The molecule has 4 N–H and O–H groups in total. The first-order valence-electron chi connectivity index (χ1n) is 7.67. The van der Waals surface area contributed by atoms with Crippen LogP contribution in [-0.4, -0.2) is 26.6 Å². The van der Waals surface area contributed by atoms with Gasteiger partial charge in [-0.25, -0.2) is 4.98 Å². The first kappa shape index (κ1) is 14.7. The number of carbonyl (C=O) groups is 1. The largest absolute Gasteiger partial charge is 0.324 e. The van der Waals surface area contributed by atoms with Crippen molar-refractivity contribution in [3.8, 4) is 11.4 Å². The highest BCUT2D eigenvalue weighted by Crippen LogP contribution is 2.28. The third-order valence-electron chi connectivity index (χ3n) is 4.17. The number of hydrogen-bond acceptors (Lipinski definition) is 4. The van der Waals surface area contributed by atoms with Crippen molar-refractivity contribution in [2.75, 3.05) is 5.32 Å². The molecular weight excluding hydrogens is 278 g/mol. The zero-order valence-electron chi connectivity index (χ0n) is 12.7. The maximum Gasteiger partial charge on any atom is 0.244 e. The van der Waals surface area contributed by atoms with Gasteiger partial charge in [-0.3, -0.25) is 9.89 Å². The lowest BCUT2D eigenvalue weighted by molar-refractivity contribution is -0.122. The maximum absolute atomic E-state index is 12.5. The number of anilines is 1. The molecule has 2 aromatic rings. The van der Waals surface area contributed by atoms with Gasteiger partial charge in [-0.2, -0.15) is 5.10 Å². The SMILES string of the molecule is Cc1nc(-c2cccc(NC(=O)C3(N)CCCCC3)c2)n[nH]1. The Kier molecular flexibility index (Phi) is 3.94. The zero-order chi connectivity index (χ0) is 15.6. The van der Waals surface area contributed by atoms with Gasteiger partial charge in [0.25, 0.3) is 0 Å². The van der Waals surface area contributed by atoms with Gasteiger partial charge in [0.2, 0.25) is 5.91 Å². The van der Waals surface area contributed by atoms with Crippen LogP contribution >= 0.6 is 0 Å². The Labute approximate surface area is 129 Å². The number of H-pyrrole nitrogens is 1. The third kappa shape index (κ3) is 3.01. The fourth-order valence-corrected chi connectivity index (χ4v) is 2.87. The van der Waals surface area contributed by atoms with E-state index in [4.69, 9.17) is 5.73 Å². The second kappa shape index (κ2) is 5.88. The summed E-state index contributed by atoms with van der Waals surface area (Å²) in [5.41, 5.74) is 7.10. The first-order valence-corrected chi connectivity index (χ1v) is 7.67. The number of aryl methyl sites for hydroxylation is 1. The zero-order valence-corrected chi connectivity index (χ0v) is 12.7. The average molecular weight is 299 g/mol. The summed E-state index contributed by atoms with van der Waals surface area (Å²) in [5.74, 6) is 1.27. The standard InChI is InChI=1S/C16H21N5O/c1-11-18-14(21-20-11)12-6-5-7-13(10-12)19-15(22)16(17)8-3-2-4-9-16/h5-7,10H,2-4,8-9,17H2,1H3,(H,19,22)(H,18,20,21). The summed E-state index contributed by atoms with van der Waals surface area (Å²) in [4.78, 5) is 16.8. The lowest BCUT2D eigenvalue weighted by Gasteiger charge is -2.31. The van der Waals surface area contributed by atoms with Gasteiger partial charge in [-0.05, 0) is 31.9 Å². The molecule has 1 saturated carbocycles. The van der Waals surface area contributed by atoms with Crippen LogP contribution in [0.4, 0.5) is 5.69 Å². The highest BCUT2D eigenvalue weighted by Gasteiger charge is 2.35. The molecule has 1 fully saturated rings. The van der Waals surface area contributed by atoms with Crippen molar-refractivity contribution in [1.82, 2.24) is 15.2 Å². The minimum absolute atomic E-state index is 0.101. The first-order chi connectivity index (χ1) is 10.6. The smallest absolute Gasteiger partial charge is 0.244 e. The van der Waals surface area contributed by atoms with Gasteiger partial charge in [0.05, 0.1) is 5.54 Å². The van der Waals surface area contributed by atoms with E-state index in [2.05, 4.69) is 20.5 Å². The van der Waals surface area contributed by atoms with Gasteiger partial charge in [0.15, 0.2) is 5.82 Å². The van der Waals surface area contributed by atoms with E-state index in [-0.39, 0.29) is 5.91 Å². The van der Waals surface area contributed by atoms with Crippen molar-refractivity contribution in [3.05, 3.63) is 30.1 Å². The minimum atomic E-state index is -0.741. The van der Waals surface area contributed by atoms with Gasteiger partial charge >= 0.3 is 0 Å². The Balaban J connectivity index is 1.76. The van der Waals surface area contributed by atoms with Crippen molar-refractivity contribution in [2.45, 2.75) is 44.6 Å². The number of benzene rings is 1. The molecule has 3 rings (SSSR count). The summed E-state index contributed by atoms with van der Waals surface area (Å²) in [6, 6.07) is 7.51. The van der Waals surface area contributed by atoms with Gasteiger partial charge < -0.3 is 11.1 Å². The molecule has 0 spiro atoms. The third-order valence-corrected chi connectivity index (χ3v) is 4.17. The summed E-state index contributed by atoms with van der Waals surface area (Å²) >= 11 is 0. The molecule has 1 amide bonds. The molecule has 0 atom stereocenters. The van der Waals surface area contributed by atoms with E-state index >= 15 is 0 Å². The average Bonchev–Trinajstić information content (AvgIpc) is 2.95. The summed E-state index contributed by atoms with van der Waals surface area (Å²) in [5, 5.41) is 9.89. The molecule has 0 unspecified atom stereocenters. The van der Waals surface area contributed by atoms with Crippen LogP contribution in [0.5, 0.6) is 0 Å². The van der Waals surface area contributed by atoms with Crippen molar-refractivity contribution in [3.63, 3.8) is 0 Å². The van der Waals surface area contributed by atoms with Crippen LogP contribution in [0.3, 0.4) is 0 Å². The minimum Gasteiger partial charge on any atom is -0.324 e. The summed E-state index contributed by atoms with van der Waals surface area (Å²) in [7, 11) is 0. The number of hydrogen-bond donors (Lipinski definition) is 3. The molecular formula is C16H21N5O. The number of aromatic amines is 1. The van der Waals surface area contributed by atoms with E-state index in [1.807, 2.05) is 31.2 Å². The Morgan fingerprint density at radius 3 is 2.77 bits per heavy atom. The molecule has 0 bridgehead atoms. The van der Waals surface area contributed by atoms with Crippen molar-refractivity contribution < 1.29 is 4.79 Å². The molecule has 22 heavy (non-hydrogen) atoms. The molecule has 1 aliphatic rings. The molecule has 6 nitrogen and oxygen atoms in total. The Bertz CT molecular complexity index is 673. The number of nitrogens with zero attached hydrogens (tertiary/aromatic N) is 2. The monoisotopic (exact) mass is 299 g/mol. The summed E-state index contributed by atoms with van der Waals surface area (Å²) in [6.07, 6.45) is 4.68. The van der Waals surface area contributed by atoms with Gasteiger partial charge in [-0.1, -0.05) is 31.4 Å². The van der Waals surface area contributed by atoms with Crippen LogP contribution in [0.15, 0.2) is 24.3 Å². The number of amides is 1. The molecule has 0 aliphatic heterocycles. The fourth-order valence-electron chi connectivity index (χ4n) is 2.87. The predicted molar refractivity (Wildman–Crippen MR) is 85.2 cm³/mol. The quantitative estimate of drug-likeness (QED) is 0.810. The van der Waals surface area contributed by atoms with Crippen LogP contribution < -0.4 is 11.1 Å². The van der Waals surface area contributed by atoms with Gasteiger partial charge in [0, 0.05) is 11.3 Å². The Morgan fingerprint density at radius 1 is 1.32 bits per heavy atom. The maximum atomic E-state index is 12.5. The number of nitrogens with one attached hydrogen (secondary N) is 2. The van der Waals surface area contributed by atoms with Crippen LogP contribution in [0.2, 0.25) is 0 Å². The van der Waals surface area contributed by atoms with E-state index in [1.165, 1.54) is 0 Å². The number of nitrogens with two attached hydrogens (primary N) is 1. The Morgan fingerprint density at radius 2 is 2.09 bits per heavy atom. The lowest BCUT2D eigenvalue weighted by Crippen LogP contribution is -2.52. The van der Waals surface area contributed by atoms with Crippen LogP contribution in [-0.2, 0) is 4.79 Å². The number of aromatic nitrogens is 3. The van der Waals surface area contributed by atoms with Crippen molar-refractivity contribution >= 4 is 11.6 Å². The second-order valence-corrected chi connectivity index (χ2v) is 6.00. The Hall–Kier alpha value is -2.21. The summed E-state index contributed by atoms with van der Waals surface area (Å²) in [6.45, 7) is 1.85. The molecule has 1 aliphatic carbocycles. The molecule has 116 valence electrons. The summed E-state index contributed by atoms with van der Waals surface area (Å²) < 4.78 is 0. The predicted octanol–water partition coefficient (Wildman–Crippen LogP) is 2.38. The van der Waals surface area contributed by atoms with Gasteiger partial charge in [-0.15, -0.1) is 0 Å². The fraction of sp³-hybridized carbons (Fsp3) is 0.438. The normalized spacial score (nSPS) is 17.2. The van der Waals surface area contributed by atoms with Gasteiger partial charge in [0.1, 0.15) is 5.82 Å². The van der Waals surface area contributed by atoms with E-state index in [0.717, 1.165) is 49.2 Å². The van der Waals surface area contributed by atoms with E-state index in [1.54, 1.807) is 0 Å². The van der Waals surface area contributed by atoms with E-state index < -0.39 is 5.54 Å². The second-order valence-electron chi connectivity index (χ2n) is 6.00. The lowest BCUT2D eigenvalue weighted by atomic mass is 9.82. The van der Waals surface area contributed by atoms with Crippen molar-refractivity contribution in [1.29, 1.82) is 0 Å². The highest BCUT2D eigenvalue weighted by molar-refractivity contribution is 5.98. The van der Waals surface area contributed by atoms with E-state index in [9.17, 15) is 4.79 Å². The molecule has 1 aromatic carbocycles.